The SMILES string of the molecule is CNc1ccc(S(=O)(=O)c2ccc(Nc3nc(C)nc(NC)n3)cc2)cc1.Cc1ccc(CCO)cc1.Cc1cccc(C(F)(F)F)c1.Clc1nc(Cl)nc(Cl)n1.Nc1ccc(CCO)cc1.Nc1ccc(S(=O)(=O)c2ccc(N)cc2)cc1.Nc1cccc(C(F)(F)F)c1. The second kappa shape index (κ2) is 37.5. The second-order valence-corrected chi connectivity index (χ2v) is 24.6. The first-order chi connectivity index (χ1) is 44.7. The van der Waals surface area contributed by atoms with Crippen molar-refractivity contribution < 1.29 is 53.4 Å². The van der Waals surface area contributed by atoms with Crippen LogP contribution in [0.4, 0.5) is 72.4 Å². The smallest absolute Gasteiger partial charge is 0.399 e. The molecule has 13 N–H and O–H groups in total. The summed E-state index contributed by atoms with van der Waals surface area (Å²) in [6, 6.07) is 50.8. The van der Waals surface area contributed by atoms with E-state index in [1.807, 2.05) is 36.4 Å². The van der Waals surface area contributed by atoms with Gasteiger partial charge in [-0.05, 0) is 213 Å². The van der Waals surface area contributed by atoms with Crippen LogP contribution in [0.1, 0.15) is 39.2 Å². The van der Waals surface area contributed by atoms with Crippen molar-refractivity contribution in [2.75, 3.05) is 66.2 Å². The van der Waals surface area contributed by atoms with Crippen LogP contribution < -0.4 is 38.9 Å². The number of aryl methyl sites for hydroxylation is 3. The Morgan fingerprint density at radius 2 is 0.768 bits per heavy atom. The van der Waals surface area contributed by atoms with Gasteiger partial charge in [-0.15, -0.1) is 0 Å². The molecule has 19 nitrogen and oxygen atoms in total. The maximum Gasteiger partial charge on any atom is 0.416 e. The Balaban J connectivity index is 0.000000247. The number of anilines is 8. The highest BCUT2D eigenvalue weighted by atomic mass is 35.5. The van der Waals surface area contributed by atoms with Crippen LogP contribution in [-0.2, 0) is 44.9 Å². The third kappa shape index (κ3) is 27.6. The maximum atomic E-state index is 12.7. The minimum atomic E-state index is -4.30. The van der Waals surface area contributed by atoms with E-state index in [0.29, 0.717) is 46.8 Å². The first-order valence-corrected chi connectivity index (χ1v) is 32.0. The molecule has 2 aromatic heterocycles. The van der Waals surface area contributed by atoms with Gasteiger partial charge in [0.2, 0.25) is 47.4 Å². The number of halogens is 9. The number of aliphatic hydroxyl groups is 2. The van der Waals surface area contributed by atoms with Crippen molar-refractivity contribution in [2.24, 2.45) is 0 Å². The van der Waals surface area contributed by atoms with Gasteiger partial charge in [0.05, 0.1) is 30.7 Å². The molecule has 0 atom stereocenters. The van der Waals surface area contributed by atoms with E-state index < -0.39 is 43.2 Å². The highest BCUT2D eigenvalue weighted by molar-refractivity contribution is 7.91. The molecule has 10 aromatic rings. The number of nitrogens with one attached hydrogen (secondary N) is 3. The molecular weight excluding hydrogens is 1340 g/mol. The number of hydrogen-bond acceptors (Lipinski definition) is 19. The van der Waals surface area contributed by atoms with Gasteiger partial charge in [-0.3, -0.25) is 0 Å². The molecule has 8 aromatic carbocycles. The lowest BCUT2D eigenvalue weighted by Gasteiger charge is -2.09. The van der Waals surface area contributed by atoms with Gasteiger partial charge in [-0.2, -0.15) is 56.2 Å². The number of sulfone groups is 2. The summed E-state index contributed by atoms with van der Waals surface area (Å²) >= 11 is 16.0. The fraction of sp³-hybridized carbons (Fsp3) is 0.169. The lowest BCUT2D eigenvalue weighted by Crippen LogP contribution is -2.05. The molecule has 504 valence electrons. The van der Waals surface area contributed by atoms with E-state index in [1.165, 1.54) is 53.6 Å². The van der Waals surface area contributed by atoms with Crippen molar-refractivity contribution in [2.45, 2.75) is 65.5 Å². The van der Waals surface area contributed by atoms with E-state index in [1.54, 1.807) is 107 Å². The Kier molecular flexibility index (Phi) is 30.8. The Morgan fingerprint density at radius 3 is 1.12 bits per heavy atom. The molecule has 0 aliphatic heterocycles. The topological polar surface area (TPSA) is 326 Å². The van der Waals surface area contributed by atoms with E-state index >= 15 is 0 Å². The predicted octanol–water partition coefficient (Wildman–Crippen LogP) is 14.0. The molecule has 0 fully saturated rings. The van der Waals surface area contributed by atoms with Gasteiger partial charge in [0.15, 0.2) is 0 Å². The van der Waals surface area contributed by atoms with Crippen LogP contribution in [0.5, 0.6) is 0 Å². The average molecular weight is 1410 g/mol. The number of nitrogens with two attached hydrogens (primary N) is 4. The molecule has 0 saturated carbocycles. The monoisotopic (exact) mass is 1410 g/mol. The van der Waals surface area contributed by atoms with Crippen molar-refractivity contribution in [3.8, 4) is 0 Å². The van der Waals surface area contributed by atoms with Crippen molar-refractivity contribution in [1.82, 2.24) is 29.9 Å². The van der Waals surface area contributed by atoms with Crippen LogP contribution in [0.3, 0.4) is 0 Å². The first kappa shape index (κ1) is 78.1. The average Bonchev–Trinajstić information content (AvgIpc) is 0.822. The fourth-order valence-electron chi connectivity index (χ4n) is 7.40. The Morgan fingerprint density at radius 1 is 0.411 bits per heavy atom. The lowest BCUT2D eigenvalue weighted by atomic mass is 10.1. The molecule has 10 rings (SSSR count). The van der Waals surface area contributed by atoms with Crippen LogP contribution in [0.25, 0.3) is 0 Å². The summed E-state index contributed by atoms with van der Waals surface area (Å²) in [6.45, 7) is 5.90. The molecule has 0 aliphatic carbocycles. The zero-order valence-corrected chi connectivity index (χ0v) is 55.4. The summed E-state index contributed by atoms with van der Waals surface area (Å²) in [5, 5.41) is 26.0. The van der Waals surface area contributed by atoms with E-state index in [9.17, 15) is 43.2 Å². The number of alkyl halides is 6. The summed E-state index contributed by atoms with van der Waals surface area (Å²) in [5.74, 6) is 1.40. The number of aliphatic hydroxyl groups excluding tert-OH is 2. The highest BCUT2D eigenvalue weighted by Gasteiger charge is 2.31. The quantitative estimate of drug-likeness (QED) is 0.0405. The van der Waals surface area contributed by atoms with E-state index in [2.05, 4.69) is 64.9 Å². The second-order valence-electron chi connectivity index (χ2n) is 19.7. The normalized spacial score (nSPS) is 10.8. The molecule has 0 bridgehead atoms. The summed E-state index contributed by atoms with van der Waals surface area (Å²) in [6.07, 6.45) is -7.04. The molecule has 0 spiro atoms. The van der Waals surface area contributed by atoms with Crippen LogP contribution in [0.15, 0.2) is 214 Å². The molecule has 0 radical (unpaired) electrons. The minimum Gasteiger partial charge on any atom is -0.399 e. The Labute approximate surface area is 561 Å². The molecule has 95 heavy (non-hydrogen) atoms. The molecule has 0 saturated heterocycles. The van der Waals surface area contributed by atoms with Crippen molar-refractivity contribution in [1.29, 1.82) is 0 Å². The molecule has 2 heterocycles. The lowest BCUT2D eigenvalue weighted by molar-refractivity contribution is -0.138. The predicted molar refractivity (Wildman–Crippen MR) is 363 cm³/mol. The molecule has 30 heteroatoms. The number of benzene rings is 8. The van der Waals surface area contributed by atoms with E-state index in [-0.39, 0.29) is 54.3 Å². The van der Waals surface area contributed by atoms with Crippen molar-refractivity contribution >= 4 is 100 Å². The van der Waals surface area contributed by atoms with Gasteiger partial charge < -0.3 is 49.1 Å². The van der Waals surface area contributed by atoms with Gasteiger partial charge in [0.1, 0.15) is 5.82 Å². The largest absolute Gasteiger partial charge is 0.416 e. The van der Waals surface area contributed by atoms with Crippen LogP contribution in [0, 0.1) is 20.8 Å². The minimum absolute atomic E-state index is 0.000000000000000444. The summed E-state index contributed by atoms with van der Waals surface area (Å²) in [4.78, 5) is 23.8. The van der Waals surface area contributed by atoms with Gasteiger partial charge in [0, 0.05) is 61.4 Å². The third-order valence-electron chi connectivity index (χ3n) is 12.2. The van der Waals surface area contributed by atoms with Gasteiger partial charge >= 0.3 is 12.4 Å². The Bertz CT molecular complexity index is 4010. The summed E-state index contributed by atoms with van der Waals surface area (Å²) in [5.41, 5.74) is 28.0. The number of aromatic nitrogens is 6. The van der Waals surface area contributed by atoms with Crippen LogP contribution in [-0.4, -0.2) is 84.3 Å². The third-order valence-corrected chi connectivity index (χ3v) is 16.3. The molecule has 0 unspecified atom stereocenters. The maximum absolute atomic E-state index is 12.7. The standard InChI is InChI=1S/C18H20N6O2S.C12H12N2O2S.C9H12O.C8H7F3.C8H11NO.C7H6F3N.C3Cl3N3/c1-12-21-17(20-3)24-18(22-12)23-14-6-10-16(11-7-14)27(25,26)15-8-4-13(19-2)5-9-15;13-9-1-5-11(6-2-9)17(15,16)12-7-3-10(14)4-8-12;1-8-2-4-9(5-3-8)6-7-10;1-6-3-2-4-7(5-6)8(9,10)11;9-8-3-1-7(2-4-8)5-6-10;8-7(9,10)5-2-1-3-6(11)4-5;4-1-7-2(5)9-3(6)8-1/h4-11,19H,1-3H3,(H2,20,21,22,23,24);1-8H,13-14H2;2-5,10H,6-7H2,1H3;2-5H,1H3;1-4,10H,5-6,9H2;1-4H,11H2;. The number of nitrogens with zero attached hydrogens (tertiary/aromatic N) is 6. The van der Waals surface area contributed by atoms with Gasteiger partial charge in [0.25, 0.3) is 0 Å². The van der Waals surface area contributed by atoms with Gasteiger partial charge in [-0.1, -0.05) is 71.8 Å². The van der Waals surface area contributed by atoms with Crippen molar-refractivity contribution in [3.05, 3.63) is 249 Å². The molecular formula is C65H68Cl3F6N13O6S2. The Hall–Kier alpha value is -9.35. The van der Waals surface area contributed by atoms with Gasteiger partial charge in [-0.25, -0.2) is 16.8 Å². The summed E-state index contributed by atoms with van der Waals surface area (Å²) < 4.78 is 121. The highest BCUT2D eigenvalue weighted by Crippen LogP contribution is 2.31. The van der Waals surface area contributed by atoms with E-state index in [0.717, 1.165) is 47.6 Å². The molecule has 0 aliphatic rings. The molecule has 0 amide bonds. The number of nitrogen functional groups attached to an aromatic ring is 4. The van der Waals surface area contributed by atoms with Crippen LogP contribution in [0.2, 0.25) is 15.9 Å². The van der Waals surface area contributed by atoms with Crippen LogP contribution >= 0.6 is 34.8 Å². The zero-order chi connectivity index (χ0) is 70.5. The zero-order valence-electron chi connectivity index (χ0n) is 51.5. The number of rotatable bonds is 12. The fourth-order valence-corrected chi connectivity index (χ4v) is 10.5. The summed E-state index contributed by atoms with van der Waals surface area (Å²) in [7, 11) is -3.56. The number of hydrogen-bond donors (Lipinski definition) is 9. The van der Waals surface area contributed by atoms with Crippen molar-refractivity contribution in [3.63, 3.8) is 0 Å². The van der Waals surface area contributed by atoms with E-state index in [4.69, 9.17) is 68.0 Å². The first-order valence-electron chi connectivity index (χ1n) is 27.9.